The highest BCUT2D eigenvalue weighted by molar-refractivity contribution is 5.86. The summed E-state index contributed by atoms with van der Waals surface area (Å²) in [7, 11) is 0. The van der Waals surface area contributed by atoms with Gasteiger partial charge in [0, 0.05) is 35.2 Å². The van der Waals surface area contributed by atoms with Crippen LogP contribution in [0.25, 0.3) is 10.9 Å². The Morgan fingerprint density at radius 3 is 2.44 bits per heavy atom. The first-order valence-electron chi connectivity index (χ1n) is 8.90. The van der Waals surface area contributed by atoms with Crippen LogP contribution in [-0.4, -0.2) is 20.2 Å². The van der Waals surface area contributed by atoms with Crippen molar-refractivity contribution >= 4 is 10.9 Å². The number of benzene rings is 2. The van der Waals surface area contributed by atoms with E-state index in [4.69, 9.17) is 0 Å². The Bertz CT molecular complexity index is 1090. The maximum absolute atomic E-state index is 11.0. The van der Waals surface area contributed by atoms with E-state index in [-0.39, 0.29) is 17.4 Å². The Labute approximate surface area is 157 Å². The second-order valence-corrected chi connectivity index (χ2v) is 6.66. The number of pyridine rings is 2. The molecule has 0 saturated carbocycles. The molecule has 0 bridgehead atoms. The predicted octanol–water partition coefficient (Wildman–Crippen LogP) is 4.72. The highest BCUT2D eigenvalue weighted by atomic mass is 16.3. The normalized spacial score (nSPS) is 12.2. The largest absolute Gasteiger partial charge is 0.506 e. The van der Waals surface area contributed by atoms with Crippen molar-refractivity contribution in [2.24, 2.45) is 0 Å². The van der Waals surface area contributed by atoms with E-state index in [1.54, 1.807) is 18.3 Å². The smallest absolute Gasteiger partial charge is 0.145 e. The van der Waals surface area contributed by atoms with Gasteiger partial charge in [0.15, 0.2) is 0 Å². The molecule has 0 aliphatic rings. The molecule has 134 valence electrons. The third-order valence-electron chi connectivity index (χ3n) is 4.85. The molecule has 1 unspecified atom stereocenters. The van der Waals surface area contributed by atoms with Crippen molar-refractivity contribution in [3.8, 4) is 11.5 Å². The minimum Gasteiger partial charge on any atom is -0.506 e. The average Bonchev–Trinajstić information content (AvgIpc) is 2.69. The molecule has 0 amide bonds. The summed E-state index contributed by atoms with van der Waals surface area (Å²) in [5.41, 5.74) is 3.87. The number of hydrogen-bond donors (Lipinski definition) is 2. The zero-order valence-electron chi connectivity index (χ0n) is 15.0. The van der Waals surface area contributed by atoms with Crippen molar-refractivity contribution in [3.63, 3.8) is 0 Å². The Hall–Kier alpha value is -3.40. The quantitative estimate of drug-likeness (QED) is 0.555. The number of aromatic nitrogens is 2. The Morgan fingerprint density at radius 1 is 0.889 bits per heavy atom. The van der Waals surface area contributed by atoms with Crippen LogP contribution in [0.1, 0.15) is 28.4 Å². The van der Waals surface area contributed by atoms with Crippen molar-refractivity contribution in [1.82, 2.24) is 9.97 Å². The second-order valence-electron chi connectivity index (χ2n) is 6.66. The summed E-state index contributed by atoms with van der Waals surface area (Å²) in [6, 6.07) is 21.1. The molecule has 2 aromatic heterocycles. The van der Waals surface area contributed by atoms with Gasteiger partial charge in [0.05, 0.1) is 5.69 Å². The summed E-state index contributed by atoms with van der Waals surface area (Å²) in [5.74, 6) is 0.187. The Morgan fingerprint density at radius 2 is 1.67 bits per heavy atom. The molecule has 2 N–H and O–H groups in total. The first-order chi connectivity index (χ1) is 13.1. The summed E-state index contributed by atoms with van der Waals surface area (Å²) in [6.07, 6.45) is 2.14. The molecule has 0 fully saturated rings. The molecule has 4 aromatic rings. The number of aryl methyl sites for hydroxylation is 1. The minimum absolute atomic E-state index is 0.154. The third-order valence-corrected chi connectivity index (χ3v) is 4.85. The van der Waals surface area contributed by atoms with Crippen LogP contribution >= 0.6 is 0 Å². The fourth-order valence-electron chi connectivity index (χ4n) is 3.44. The summed E-state index contributed by atoms with van der Waals surface area (Å²) in [5, 5.41) is 22.1. The molecule has 0 aliphatic heterocycles. The highest BCUT2D eigenvalue weighted by Crippen LogP contribution is 2.38. The van der Waals surface area contributed by atoms with Crippen LogP contribution in [0.15, 0.2) is 72.9 Å². The number of aromatic hydroxyl groups is 2. The molecule has 4 rings (SSSR count). The number of nitrogens with zero attached hydrogens (tertiary/aromatic N) is 2. The predicted molar refractivity (Wildman–Crippen MR) is 106 cm³/mol. The molecule has 2 heterocycles. The highest BCUT2D eigenvalue weighted by Gasteiger charge is 2.22. The van der Waals surface area contributed by atoms with Gasteiger partial charge in [-0.05, 0) is 30.7 Å². The topological polar surface area (TPSA) is 66.2 Å². The van der Waals surface area contributed by atoms with Crippen molar-refractivity contribution < 1.29 is 10.2 Å². The standard InChI is InChI=1S/C23H20N2O2/c1-15-9-10-17-11-12-18(23(27)22(17)25-15)19(16-6-3-2-4-7-16)14-20-21(26)8-5-13-24-20/h2-13,19,26-27H,14H2,1H3. The van der Waals surface area contributed by atoms with Gasteiger partial charge in [-0.3, -0.25) is 4.98 Å². The maximum Gasteiger partial charge on any atom is 0.145 e. The molecule has 4 heteroatoms. The summed E-state index contributed by atoms with van der Waals surface area (Å²) in [4.78, 5) is 8.85. The van der Waals surface area contributed by atoms with Gasteiger partial charge in [-0.15, -0.1) is 0 Å². The first kappa shape index (κ1) is 17.0. The molecular weight excluding hydrogens is 336 g/mol. The van der Waals surface area contributed by atoms with Gasteiger partial charge in [0.1, 0.15) is 17.0 Å². The van der Waals surface area contributed by atoms with Crippen LogP contribution in [0.2, 0.25) is 0 Å². The maximum atomic E-state index is 11.0. The Balaban J connectivity index is 1.87. The number of phenolic OH excluding ortho intramolecular Hbond substituents is 1. The van der Waals surface area contributed by atoms with Crippen LogP contribution in [0.3, 0.4) is 0 Å². The molecule has 0 saturated heterocycles. The van der Waals surface area contributed by atoms with Gasteiger partial charge in [-0.1, -0.05) is 48.5 Å². The van der Waals surface area contributed by atoms with E-state index in [0.29, 0.717) is 17.6 Å². The molecule has 1 atom stereocenters. The molecular formula is C23H20N2O2. The van der Waals surface area contributed by atoms with Crippen LogP contribution in [0, 0.1) is 6.92 Å². The van der Waals surface area contributed by atoms with E-state index in [1.807, 2.05) is 61.5 Å². The number of fused-ring (bicyclic) bond motifs is 1. The lowest BCUT2D eigenvalue weighted by Crippen LogP contribution is -2.07. The molecule has 27 heavy (non-hydrogen) atoms. The molecule has 0 aliphatic carbocycles. The van der Waals surface area contributed by atoms with Gasteiger partial charge in [0.2, 0.25) is 0 Å². The van der Waals surface area contributed by atoms with Crippen LogP contribution in [-0.2, 0) is 6.42 Å². The molecule has 0 radical (unpaired) electrons. The molecule has 0 spiro atoms. The van der Waals surface area contributed by atoms with Crippen molar-refractivity contribution in [2.75, 3.05) is 0 Å². The van der Waals surface area contributed by atoms with Crippen molar-refractivity contribution in [3.05, 3.63) is 95.4 Å². The van der Waals surface area contributed by atoms with Gasteiger partial charge in [0.25, 0.3) is 0 Å². The monoisotopic (exact) mass is 356 g/mol. The zero-order chi connectivity index (χ0) is 18.8. The first-order valence-corrected chi connectivity index (χ1v) is 8.90. The van der Waals surface area contributed by atoms with E-state index < -0.39 is 0 Å². The lowest BCUT2D eigenvalue weighted by atomic mass is 9.86. The lowest BCUT2D eigenvalue weighted by Gasteiger charge is -2.20. The number of rotatable bonds is 4. The van der Waals surface area contributed by atoms with Crippen molar-refractivity contribution in [2.45, 2.75) is 19.3 Å². The lowest BCUT2D eigenvalue weighted by molar-refractivity contribution is 0.457. The van der Waals surface area contributed by atoms with Crippen LogP contribution in [0.4, 0.5) is 0 Å². The van der Waals surface area contributed by atoms with E-state index in [2.05, 4.69) is 9.97 Å². The van der Waals surface area contributed by atoms with Crippen LogP contribution < -0.4 is 0 Å². The van der Waals surface area contributed by atoms with Gasteiger partial charge in [-0.25, -0.2) is 4.98 Å². The third kappa shape index (κ3) is 3.34. The van der Waals surface area contributed by atoms with Crippen LogP contribution in [0.5, 0.6) is 11.5 Å². The summed E-state index contributed by atoms with van der Waals surface area (Å²) >= 11 is 0. The zero-order valence-corrected chi connectivity index (χ0v) is 15.0. The van der Waals surface area contributed by atoms with Gasteiger partial charge >= 0.3 is 0 Å². The van der Waals surface area contributed by atoms with E-state index in [0.717, 1.165) is 22.2 Å². The van der Waals surface area contributed by atoms with Gasteiger partial charge < -0.3 is 10.2 Å². The molecule has 2 aromatic carbocycles. The molecule has 4 nitrogen and oxygen atoms in total. The fraction of sp³-hybridized carbons (Fsp3) is 0.130. The van der Waals surface area contributed by atoms with E-state index in [1.165, 1.54) is 0 Å². The van der Waals surface area contributed by atoms with E-state index >= 15 is 0 Å². The minimum atomic E-state index is -0.154. The average molecular weight is 356 g/mol. The van der Waals surface area contributed by atoms with Crippen molar-refractivity contribution in [1.29, 1.82) is 0 Å². The van der Waals surface area contributed by atoms with Gasteiger partial charge in [-0.2, -0.15) is 0 Å². The fourth-order valence-corrected chi connectivity index (χ4v) is 3.44. The summed E-state index contributed by atoms with van der Waals surface area (Å²) < 4.78 is 0. The SMILES string of the molecule is Cc1ccc2ccc(C(Cc3ncccc3O)c3ccccc3)c(O)c2n1. The Kier molecular flexibility index (Phi) is 4.47. The van der Waals surface area contributed by atoms with E-state index in [9.17, 15) is 10.2 Å². The number of hydrogen-bond acceptors (Lipinski definition) is 4. The number of phenols is 1. The summed E-state index contributed by atoms with van der Waals surface area (Å²) in [6.45, 7) is 1.91. The second kappa shape index (κ2) is 7.08.